The third kappa shape index (κ3) is 3.82. The summed E-state index contributed by atoms with van der Waals surface area (Å²) in [7, 11) is 0. The summed E-state index contributed by atoms with van der Waals surface area (Å²) in [6.45, 7) is 4.18. The van der Waals surface area contributed by atoms with Crippen LogP contribution in [0.5, 0.6) is 6.01 Å². The van der Waals surface area contributed by atoms with Crippen LogP contribution in [0.2, 0.25) is 0 Å². The van der Waals surface area contributed by atoms with E-state index >= 15 is 0 Å². The summed E-state index contributed by atoms with van der Waals surface area (Å²) in [6, 6.07) is 0.691. The summed E-state index contributed by atoms with van der Waals surface area (Å²) in [4.78, 5) is 29.3. The molecule has 1 saturated heterocycles. The molecule has 10 nitrogen and oxygen atoms in total. The van der Waals surface area contributed by atoms with Crippen LogP contribution in [-0.2, 0) is 11.3 Å². The van der Waals surface area contributed by atoms with Crippen molar-refractivity contribution in [3.05, 3.63) is 16.3 Å². The van der Waals surface area contributed by atoms with E-state index in [1.54, 1.807) is 4.57 Å². The Hall–Kier alpha value is -2.20. The minimum Gasteiger partial charge on any atom is -0.480 e. The summed E-state index contributed by atoms with van der Waals surface area (Å²) in [5.41, 5.74) is 0. The normalized spacial score (nSPS) is 20.7. The maximum Gasteiger partial charge on any atom is 0.414 e. The topological polar surface area (TPSA) is 114 Å². The second-order valence-electron chi connectivity index (χ2n) is 6.12. The van der Waals surface area contributed by atoms with E-state index in [-0.39, 0.29) is 12.4 Å². The van der Waals surface area contributed by atoms with E-state index in [0.717, 1.165) is 39.0 Å². The minimum atomic E-state index is -0.789. The third-order valence-electron chi connectivity index (χ3n) is 4.58. The molecule has 0 radical (unpaired) electrons. The number of likely N-dealkylation sites (tertiary alicyclic amines) is 1. The Labute approximate surface area is 138 Å². The molecule has 24 heavy (non-hydrogen) atoms. The molecule has 10 heteroatoms. The molecule has 132 valence electrons. The van der Waals surface area contributed by atoms with Gasteiger partial charge < -0.3 is 20.0 Å². The van der Waals surface area contributed by atoms with E-state index in [2.05, 4.69) is 9.88 Å². The number of hydrogen-bond acceptors (Lipinski definition) is 7. The Morgan fingerprint density at radius 3 is 2.75 bits per heavy atom. The van der Waals surface area contributed by atoms with Crippen molar-refractivity contribution in [2.24, 2.45) is 0 Å². The van der Waals surface area contributed by atoms with Gasteiger partial charge in [-0.05, 0) is 17.8 Å². The van der Waals surface area contributed by atoms with Crippen LogP contribution in [0, 0.1) is 10.1 Å². The molecule has 3 rings (SSSR count). The number of fused-ring (bicyclic) bond motifs is 1. The number of aliphatic carboxylic acids is 1. The molecule has 0 amide bonds. The summed E-state index contributed by atoms with van der Waals surface area (Å²) in [5, 5.41) is 19.7. The first-order valence-electron chi connectivity index (χ1n) is 8.05. The number of nitro groups is 1. The fourth-order valence-corrected chi connectivity index (χ4v) is 3.35. The molecule has 0 unspecified atom stereocenters. The fourth-order valence-electron chi connectivity index (χ4n) is 3.35. The number of aromatic nitrogens is 2. The minimum absolute atomic E-state index is 0.0951. The van der Waals surface area contributed by atoms with Gasteiger partial charge in [-0.2, -0.15) is 0 Å². The van der Waals surface area contributed by atoms with Crippen LogP contribution in [0.3, 0.4) is 0 Å². The third-order valence-corrected chi connectivity index (χ3v) is 4.58. The lowest BCUT2D eigenvalue weighted by molar-refractivity contribution is -0.389. The zero-order valence-electron chi connectivity index (χ0n) is 13.3. The van der Waals surface area contributed by atoms with Crippen LogP contribution in [0.1, 0.15) is 12.8 Å². The van der Waals surface area contributed by atoms with E-state index < -0.39 is 10.9 Å². The van der Waals surface area contributed by atoms with E-state index in [4.69, 9.17) is 9.84 Å². The molecule has 0 aliphatic carbocycles. The van der Waals surface area contributed by atoms with Gasteiger partial charge in [-0.3, -0.25) is 19.2 Å². The molecular formula is C14H21N5O5. The second-order valence-corrected chi connectivity index (χ2v) is 6.12. The van der Waals surface area contributed by atoms with Crippen molar-refractivity contribution in [3.63, 3.8) is 0 Å². The van der Waals surface area contributed by atoms with Crippen molar-refractivity contribution in [2.45, 2.75) is 25.4 Å². The Kier molecular flexibility index (Phi) is 4.95. The van der Waals surface area contributed by atoms with Crippen molar-refractivity contribution in [3.8, 4) is 6.01 Å². The number of rotatable bonds is 4. The first kappa shape index (κ1) is 16.7. The van der Waals surface area contributed by atoms with Crippen LogP contribution in [0.15, 0.2) is 6.20 Å². The van der Waals surface area contributed by atoms with Gasteiger partial charge in [0.15, 0.2) is 0 Å². The lowest BCUT2D eigenvalue weighted by Gasteiger charge is -2.38. The Morgan fingerprint density at radius 1 is 1.33 bits per heavy atom. The molecule has 0 bridgehead atoms. The maximum absolute atomic E-state index is 10.8. The fraction of sp³-hybridized carbons (Fsp3) is 0.714. The van der Waals surface area contributed by atoms with Crippen LogP contribution in [0.25, 0.3) is 0 Å². The summed E-state index contributed by atoms with van der Waals surface area (Å²) in [6.07, 6.45) is 3.25. The number of carboxylic acid groups (broad SMARTS) is 1. The summed E-state index contributed by atoms with van der Waals surface area (Å²) in [5.74, 6) is -0.984. The average molecular weight is 339 g/mol. The van der Waals surface area contributed by atoms with Gasteiger partial charge in [-0.15, -0.1) is 0 Å². The van der Waals surface area contributed by atoms with E-state index in [1.165, 1.54) is 6.20 Å². The SMILES string of the molecule is O=C(O)CN1CCC(N2CCOc3nc([N+](=O)[O-])cn3CC2)CC1. The Balaban J connectivity index is 1.57. The first-order valence-corrected chi connectivity index (χ1v) is 8.05. The van der Waals surface area contributed by atoms with Crippen LogP contribution >= 0.6 is 0 Å². The van der Waals surface area contributed by atoms with Crippen LogP contribution in [-0.4, -0.2) is 80.7 Å². The summed E-state index contributed by atoms with van der Waals surface area (Å²) < 4.78 is 7.26. The van der Waals surface area contributed by atoms with E-state index in [0.29, 0.717) is 25.2 Å². The molecule has 0 aromatic carbocycles. The van der Waals surface area contributed by atoms with Crippen molar-refractivity contribution in [2.75, 3.05) is 39.3 Å². The van der Waals surface area contributed by atoms with Gasteiger partial charge in [0.2, 0.25) is 0 Å². The number of hydrogen-bond donors (Lipinski definition) is 1. The highest BCUT2D eigenvalue weighted by Gasteiger charge is 2.28. The predicted molar refractivity (Wildman–Crippen MR) is 83.0 cm³/mol. The molecule has 0 saturated carbocycles. The highest BCUT2D eigenvalue weighted by molar-refractivity contribution is 5.69. The quantitative estimate of drug-likeness (QED) is 0.604. The molecule has 3 heterocycles. The lowest BCUT2D eigenvalue weighted by atomic mass is 10.0. The Bertz CT molecular complexity index is 611. The molecule has 1 N–H and O–H groups in total. The Morgan fingerprint density at radius 2 is 2.08 bits per heavy atom. The smallest absolute Gasteiger partial charge is 0.414 e. The first-order chi connectivity index (χ1) is 11.5. The number of carboxylic acids is 1. The summed E-state index contributed by atoms with van der Waals surface area (Å²) >= 11 is 0. The molecule has 1 aromatic rings. The largest absolute Gasteiger partial charge is 0.480 e. The highest BCUT2D eigenvalue weighted by atomic mass is 16.6. The maximum atomic E-state index is 10.8. The van der Waals surface area contributed by atoms with Crippen molar-refractivity contribution in [1.82, 2.24) is 19.4 Å². The average Bonchev–Trinajstić information content (AvgIpc) is 2.91. The number of piperidine rings is 1. The number of nitrogens with zero attached hydrogens (tertiary/aromatic N) is 5. The molecule has 2 aliphatic rings. The second kappa shape index (κ2) is 7.14. The number of ether oxygens (including phenoxy) is 1. The van der Waals surface area contributed by atoms with Crippen molar-refractivity contribution in [1.29, 1.82) is 0 Å². The lowest BCUT2D eigenvalue weighted by Crippen LogP contribution is -2.48. The molecule has 0 atom stereocenters. The molecular weight excluding hydrogens is 318 g/mol. The van der Waals surface area contributed by atoms with E-state index in [1.807, 2.05) is 4.90 Å². The van der Waals surface area contributed by atoms with Gasteiger partial charge in [0, 0.05) is 43.7 Å². The van der Waals surface area contributed by atoms with E-state index in [9.17, 15) is 14.9 Å². The molecule has 0 spiro atoms. The highest BCUT2D eigenvalue weighted by Crippen LogP contribution is 2.21. The van der Waals surface area contributed by atoms with Gasteiger partial charge in [-0.1, -0.05) is 0 Å². The molecule has 1 fully saturated rings. The van der Waals surface area contributed by atoms with Gasteiger partial charge in [0.1, 0.15) is 12.8 Å². The standard InChI is InChI=1S/C14H21N5O5/c20-13(21)10-16-3-1-11(2-4-16)17-5-6-18-9-12(19(22)23)15-14(18)24-8-7-17/h9,11H,1-8,10H2,(H,20,21). The predicted octanol–water partition coefficient (Wildman–Crippen LogP) is 0.0347. The number of carbonyl (C=O) groups is 1. The monoisotopic (exact) mass is 339 g/mol. The zero-order chi connectivity index (χ0) is 17.1. The van der Waals surface area contributed by atoms with Gasteiger partial charge in [0.05, 0.1) is 6.54 Å². The van der Waals surface area contributed by atoms with Gasteiger partial charge >= 0.3 is 17.8 Å². The van der Waals surface area contributed by atoms with Crippen LogP contribution in [0.4, 0.5) is 5.82 Å². The zero-order valence-corrected chi connectivity index (χ0v) is 13.3. The molecule has 1 aromatic heterocycles. The van der Waals surface area contributed by atoms with Gasteiger partial charge in [-0.25, -0.2) is 0 Å². The number of imidazole rings is 1. The molecule has 2 aliphatic heterocycles. The van der Waals surface area contributed by atoms with Crippen molar-refractivity contribution < 1.29 is 19.6 Å². The van der Waals surface area contributed by atoms with Crippen molar-refractivity contribution >= 4 is 11.8 Å². The van der Waals surface area contributed by atoms with Crippen LogP contribution < -0.4 is 4.74 Å². The van der Waals surface area contributed by atoms with Gasteiger partial charge in [0.25, 0.3) is 0 Å².